The van der Waals surface area contributed by atoms with Gasteiger partial charge in [-0.05, 0) is 155 Å². The topological polar surface area (TPSA) is 6.48 Å². The Labute approximate surface area is 380 Å². The van der Waals surface area contributed by atoms with Crippen LogP contribution in [0.15, 0.2) is 243 Å². The predicted octanol–water partition coefficient (Wildman–Crippen LogP) is 18.4. The highest BCUT2D eigenvalue weighted by Crippen LogP contribution is 2.45. The van der Waals surface area contributed by atoms with Gasteiger partial charge < -0.3 is 9.80 Å². The van der Waals surface area contributed by atoms with Crippen molar-refractivity contribution in [2.45, 2.75) is 0 Å². The van der Waals surface area contributed by atoms with Crippen molar-refractivity contribution >= 4 is 97.1 Å². The van der Waals surface area contributed by atoms with E-state index < -0.39 is 0 Å². The molecule has 0 amide bonds. The molecule has 0 unspecified atom stereocenters. The fourth-order valence-electron chi connectivity index (χ4n) is 9.16. The van der Waals surface area contributed by atoms with Crippen LogP contribution in [0.5, 0.6) is 0 Å². The van der Waals surface area contributed by atoms with Gasteiger partial charge in [-0.1, -0.05) is 121 Å². The van der Waals surface area contributed by atoms with E-state index in [2.05, 4.69) is 252 Å². The van der Waals surface area contributed by atoms with E-state index >= 15 is 0 Å². The SMILES string of the molecule is c1ccc(N(c2ccccc2)c2cc(-c3cc(-c4ccc5sc6ccccc6c5c4)cc(-c4ccc5sc6ccccc6c5c4)c3)cc(N(c3ccccc3)c3ccccc3)c2)cc1. The molecular weight excluding hydrogens is 813 g/mol. The van der Waals surface area contributed by atoms with Crippen molar-refractivity contribution in [3.05, 3.63) is 243 Å². The van der Waals surface area contributed by atoms with E-state index in [9.17, 15) is 0 Å². The average molecular weight is 853 g/mol. The van der Waals surface area contributed by atoms with Crippen molar-refractivity contribution in [2.75, 3.05) is 9.80 Å². The van der Waals surface area contributed by atoms with Crippen molar-refractivity contribution in [3.63, 3.8) is 0 Å². The lowest BCUT2D eigenvalue weighted by Crippen LogP contribution is -2.13. The molecule has 0 aliphatic rings. The van der Waals surface area contributed by atoms with Gasteiger partial charge in [0.25, 0.3) is 0 Å². The molecule has 0 aliphatic heterocycles. The summed E-state index contributed by atoms with van der Waals surface area (Å²) in [6, 6.07) is 88.6. The number of hydrogen-bond acceptors (Lipinski definition) is 4. The standard InChI is InChI=1S/C60H40N2S2/c1-5-17-47(18-6-1)61(48-19-7-2-8-20-48)51-36-46(37-52(40-51)62(49-21-9-3-10-22-49)50-23-11-4-12-24-50)45-34-43(41-29-31-59-55(38-41)53-25-13-15-27-57(53)63-59)33-44(35-45)42-30-32-60-56(39-42)54-26-14-16-28-58(54)64-60/h1-40H. The highest BCUT2D eigenvalue weighted by Gasteiger charge is 2.20. The minimum atomic E-state index is 1.06. The number of fused-ring (bicyclic) bond motifs is 6. The van der Waals surface area contributed by atoms with Crippen LogP contribution < -0.4 is 9.80 Å². The molecule has 0 aliphatic carbocycles. The summed E-state index contributed by atoms with van der Waals surface area (Å²) in [5, 5.41) is 5.19. The van der Waals surface area contributed by atoms with Crippen LogP contribution in [-0.2, 0) is 0 Å². The van der Waals surface area contributed by atoms with Crippen LogP contribution in [0, 0.1) is 0 Å². The number of thiophene rings is 2. The summed E-state index contributed by atoms with van der Waals surface area (Å²) in [6.07, 6.45) is 0. The maximum absolute atomic E-state index is 2.40. The Kier molecular flexibility index (Phi) is 9.59. The monoisotopic (exact) mass is 852 g/mol. The number of para-hydroxylation sites is 4. The molecule has 4 heteroatoms. The van der Waals surface area contributed by atoms with E-state index in [1.165, 1.54) is 62.6 Å². The van der Waals surface area contributed by atoms with Crippen LogP contribution in [-0.4, -0.2) is 0 Å². The molecule has 12 aromatic rings. The molecule has 2 heterocycles. The van der Waals surface area contributed by atoms with Crippen LogP contribution >= 0.6 is 22.7 Å². The molecule has 302 valence electrons. The van der Waals surface area contributed by atoms with E-state index in [-0.39, 0.29) is 0 Å². The van der Waals surface area contributed by atoms with E-state index in [1.807, 2.05) is 22.7 Å². The second-order valence-electron chi connectivity index (χ2n) is 16.2. The van der Waals surface area contributed by atoms with Gasteiger partial charge in [-0.3, -0.25) is 0 Å². The van der Waals surface area contributed by atoms with Crippen molar-refractivity contribution in [1.82, 2.24) is 0 Å². The lowest BCUT2D eigenvalue weighted by atomic mass is 9.92. The van der Waals surface area contributed by atoms with Crippen LogP contribution in [0.3, 0.4) is 0 Å². The smallest absolute Gasteiger partial charge is 0.0488 e. The molecule has 10 aromatic carbocycles. The molecule has 64 heavy (non-hydrogen) atoms. The van der Waals surface area contributed by atoms with Gasteiger partial charge in [0.1, 0.15) is 0 Å². The van der Waals surface area contributed by atoms with Crippen molar-refractivity contribution in [1.29, 1.82) is 0 Å². The quantitative estimate of drug-likeness (QED) is 0.143. The summed E-state index contributed by atoms with van der Waals surface area (Å²) in [7, 11) is 0. The maximum Gasteiger partial charge on any atom is 0.0488 e. The maximum atomic E-state index is 2.40. The summed E-state index contributed by atoms with van der Waals surface area (Å²) < 4.78 is 5.23. The Morgan fingerprint density at radius 3 is 0.906 bits per heavy atom. The summed E-state index contributed by atoms with van der Waals surface area (Å²) in [4.78, 5) is 4.74. The lowest BCUT2D eigenvalue weighted by molar-refractivity contribution is 1.25. The molecule has 0 fully saturated rings. The molecule has 0 bridgehead atoms. The average Bonchev–Trinajstić information content (AvgIpc) is 3.93. The molecule has 2 nitrogen and oxygen atoms in total. The highest BCUT2D eigenvalue weighted by molar-refractivity contribution is 7.26. The third-order valence-corrected chi connectivity index (χ3v) is 14.5. The van der Waals surface area contributed by atoms with Gasteiger partial charge >= 0.3 is 0 Å². The van der Waals surface area contributed by atoms with Gasteiger partial charge in [0.2, 0.25) is 0 Å². The predicted molar refractivity (Wildman–Crippen MR) is 278 cm³/mol. The zero-order valence-corrected chi connectivity index (χ0v) is 36.4. The molecule has 12 rings (SSSR count). The lowest BCUT2D eigenvalue weighted by Gasteiger charge is -2.30. The Morgan fingerprint density at radius 2 is 0.516 bits per heavy atom. The molecule has 0 saturated heterocycles. The Bertz CT molecular complexity index is 3300. The first-order valence-electron chi connectivity index (χ1n) is 21.6. The van der Waals surface area contributed by atoms with Crippen LogP contribution in [0.25, 0.3) is 73.7 Å². The number of benzene rings is 10. The van der Waals surface area contributed by atoms with E-state index in [1.54, 1.807) is 0 Å². The minimum Gasteiger partial charge on any atom is -0.310 e. The van der Waals surface area contributed by atoms with Crippen molar-refractivity contribution in [2.24, 2.45) is 0 Å². The highest BCUT2D eigenvalue weighted by atomic mass is 32.1. The first kappa shape index (κ1) is 38.0. The minimum absolute atomic E-state index is 1.06. The van der Waals surface area contributed by atoms with E-state index in [0.717, 1.165) is 45.3 Å². The van der Waals surface area contributed by atoms with Crippen LogP contribution in [0.1, 0.15) is 0 Å². The number of hydrogen-bond donors (Lipinski definition) is 0. The fourth-order valence-corrected chi connectivity index (χ4v) is 11.3. The largest absolute Gasteiger partial charge is 0.310 e. The molecule has 0 radical (unpaired) electrons. The molecule has 0 atom stereocenters. The molecule has 0 spiro atoms. The Morgan fingerprint density at radius 1 is 0.203 bits per heavy atom. The van der Waals surface area contributed by atoms with Gasteiger partial charge in [0.05, 0.1) is 0 Å². The van der Waals surface area contributed by atoms with Gasteiger partial charge in [-0.25, -0.2) is 0 Å². The summed E-state index contributed by atoms with van der Waals surface area (Å²) in [5.41, 5.74) is 13.5. The first-order chi connectivity index (χ1) is 31.7. The summed E-state index contributed by atoms with van der Waals surface area (Å²) in [5.74, 6) is 0. The molecular formula is C60H40N2S2. The van der Waals surface area contributed by atoms with Gasteiger partial charge in [-0.2, -0.15) is 0 Å². The number of nitrogens with zero attached hydrogens (tertiary/aromatic N) is 2. The van der Waals surface area contributed by atoms with Gasteiger partial charge in [0.15, 0.2) is 0 Å². The molecule has 0 N–H and O–H groups in total. The van der Waals surface area contributed by atoms with Gasteiger partial charge in [-0.15, -0.1) is 22.7 Å². The Balaban J connectivity index is 1.13. The summed E-state index contributed by atoms with van der Waals surface area (Å²) >= 11 is 3.72. The Hall–Kier alpha value is -7.76. The van der Waals surface area contributed by atoms with Gasteiger partial charge in [0, 0.05) is 74.5 Å². The van der Waals surface area contributed by atoms with Crippen molar-refractivity contribution < 1.29 is 0 Å². The van der Waals surface area contributed by atoms with E-state index in [4.69, 9.17) is 0 Å². The summed E-state index contributed by atoms with van der Waals surface area (Å²) in [6.45, 7) is 0. The van der Waals surface area contributed by atoms with Crippen LogP contribution in [0.2, 0.25) is 0 Å². The molecule has 0 saturated carbocycles. The second kappa shape index (κ2) is 16.2. The third-order valence-electron chi connectivity index (χ3n) is 12.2. The molecule has 2 aromatic heterocycles. The number of rotatable bonds is 9. The van der Waals surface area contributed by atoms with Crippen molar-refractivity contribution in [3.8, 4) is 33.4 Å². The zero-order chi connectivity index (χ0) is 42.4. The van der Waals surface area contributed by atoms with Crippen LogP contribution in [0.4, 0.5) is 34.1 Å². The normalized spacial score (nSPS) is 11.4. The fraction of sp³-hybridized carbons (Fsp3) is 0. The van der Waals surface area contributed by atoms with E-state index in [0.29, 0.717) is 0 Å². The third kappa shape index (κ3) is 7.00. The first-order valence-corrected chi connectivity index (χ1v) is 23.3. The number of anilines is 6. The zero-order valence-electron chi connectivity index (χ0n) is 34.8. The second-order valence-corrected chi connectivity index (χ2v) is 18.3.